The van der Waals surface area contributed by atoms with Crippen molar-refractivity contribution >= 4 is 17.2 Å². The molecule has 2 rings (SSSR count). The van der Waals surface area contributed by atoms with Gasteiger partial charge in [0.05, 0.1) is 29.9 Å². The van der Waals surface area contributed by atoms with Gasteiger partial charge in [-0.25, -0.2) is 4.98 Å². The predicted octanol–water partition coefficient (Wildman–Crippen LogP) is 2.39. The van der Waals surface area contributed by atoms with Gasteiger partial charge in [-0.1, -0.05) is 12.1 Å². The summed E-state index contributed by atoms with van der Waals surface area (Å²) in [5.74, 6) is 0.419. The van der Waals surface area contributed by atoms with Gasteiger partial charge in [-0.05, 0) is 19.1 Å². The van der Waals surface area contributed by atoms with Gasteiger partial charge in [-0.3, -0.25) is 4.79 Å². The van der Waals surface area contributed by atoms with Gasteiger partial charge < -0.3 is 10.1 Å². The number of ether oxygens (including phenoxy) is 1. The van der Waals surface area contributed by atoms with Gasteiger partial charge in [0.1, 0.15) is 5.75 Å². The van der Waals surface area contributed by atoms with Gasteiger partial charge in [0.25, 0.3) is 5.91 Å². The Morgan fingerprint density at radius 2 is 2.22 bits per heavy atom. The average Bonchev–Trinajstić information content (AvgIpc) is 2.81. The van der Waals surface area contributed by atoms with Crippen molar-refractivity contribution in [3.8, 4) is 5.75 Å². The summed E-state index contributed by atoms with van der Waals surface area (Å²) in [5, 5.41) is 5.77. The zero-order chi connectivity index (χ0) is 13.0. The number of hydrogen-bond donors (Lipinski definition) is 1. The van der Waals surface area contributed by atoms with E-state index in [1.807, 2.05) is 24.4 Å². The highest BCUT2D eigenvalue weighted by Gasteiger charge is 2.11. The van der Waals surface area contributed by atoms with Crippen molar-refractivity contribution in [1.82, 2.24) is 10.3 Å². The molecular formula is C13H14N2O2S. The summed E-state index contributed by atoms with van der Waals surface area (Å²) in [4.78, 5) is 16.3. The van der Waals surface area contributed by atoms with Gasteiger partial charge >= 0.3 is 0 Å². The van der Waals surface area contributed by atoms with Crippen LogP contribution in [0.1, 0.15) is 21.1 Å². The number of methoxy groups -OCH3 is 1. The molecule has 2 aromatic rings. The summed E-state index contributed by atoms with van der Waals surface area (Å²) in [7, 11) is 1.55. The Labute approximate surface area is 110 Å². The Kier molecular flexibility index (Phi) is 3.94. The first-order valence-electron chi connectivity index (χ1n) is 5.53. The Balaban J connectivity index is 2.03. The van der Waals surface area contributed by atoms with Crippen molar-refractivity contribution in [2.24, 2.45) is 0 Å². The highest BCUT2D eigenvalue weighted by molar-refractivity contribution is 7.09. The molecule has 18 heavy (non-hydrogen) atoms. The lowest BCUT2D eigenvalue weighted by atomic mass is 10.2. The largest absolute Gasteiger partial charge is 0.496 e. The summed E-state index contributed by atoms with van der Waals surface area (Å²) in [5.41, 5.74) is 1.41. The number of nitrogens with one attached hydrogen (secondary N) is 1. The van der Waals surface area contributed by atoms with Crippen LogP contribution in [0.2, 0.25) is 0 Å². The lowest BCUT2D eigenvalue weighted by molar-refractivity contribution is 0.0947. The topological polar surface area (TPSA) is 51.2 Å². The van der Waals surface area contributed by atoms with Crippen LogP contribution in [0.3, 0.4) is 0 Å². The van der Waals surface area contributed by atoms with Crippen molar-refractivity contribution in [1.29, 1.82) is 0 Å². The van der Waals surface area contributed by atoms with E-state index in [1.54, 1.807) is 30.6 Å². The maximum absolute atomic E-state index is 12.0. The van der Waals surface area contributed by atoms with Crippen molar-refractivity contribution in [2.45, 2.75) is 13.5 Å². The highest BCUT2D eigenvalue weighted by Crippen LogP contribution is 2.17. The lowest BCUT2D eigenvalue weighted by Crippen LogP contribution is -2.23. The molecule has 0 unspecified atom stereocenters. The summed E-state index contributed by atoms with van der Waals surface area (Å²) in [6.07, 6.45) is 0. The summed E-state index contributed by atoms with van der Waals surface area (Å²) >= 11 is 1.57. The third-order valence-corrected chi connectivity index (χ3v) is 3.27. The van der Waals surface area contributed by atoms with E-state index >= 15 is 0 Å². The fraction of sp³-hybridized carbons (Fsp3) is 0.231. The minimum absolute atomic E-state index is 0.155. The minimum Gasteiger partial charge on any atom is -0.496 e. The summed E-state index contributed by atoms with van der Waals surface area (Å²) in [6.45, 7) is 2.37. The van der Waals surface area contributed by atoms with Crippen LogP contribution in [0.5, 0.6) is 5.75 Å². The van der Waals surface area contributed by atoms with Crippen molar-refractivity contribution in [3.63, 3.8) is 0 Å². The molecule has 1 aromatic heterocycles. The SMILES string of the molecule is COc1ccccc1C(=O)NCc1csc(C)n1. The van der Waals surface area contributed by atoms with Gasteiger partial charge in [-0.15, -0.1) is 11.3 Å². The van der Waals surface area contributed by atoms with E-state index in [1.165, 1.54) is 0 Å². The molecule has 0 radical (unpaired) electrons. The molecule has 1 aromatic carbocycles. The van der Waals surface area contributed by atoms with Crippen LogP contribution in [-0.4, -0.2) is 18.0 Å². The molecule has 1 amide bonds. The van der Waals surface area contributed by atoms with Crippen molar-refractivity contribution in [3.05, 3.63) is 45.9 Å². The van der Waals surface area contributed by atoms with E-state index in [2.05, 4.69) is 10.3 Å². The third-order valence-electron chi connectivity index (χ3n) is 2.45. The third kappa shape index (κ3) is 2.87. The molecule has 0 fully saturated rings. The first-order valence-corrected chi connectivity index (χ1v) is 6.41. The zero-order valence-electron chi connectivity index (χ0n) is 10.3. The summed E-state index contributed by atoms with van der Waals surface area (Å²) in [6, 6.07) is 7.15. The smallest absolute Gasteiger partial charge is 0.255 e. The van der Waals surface area contributed by atoms with Crippen LogP contribution >= 0.6 is 11.3 Å². The second-order valence-electron chi connectivity index (χ2n) is 3.74. The normalized spacial score (nSPS) is 10.1. The van der Waals surface area contributed by atoms with E-state index in [0.717, 1.165) is 10.7 Å². The number of nitrogens with zero attached hydrogens (tertiary/aromatic N) is 1. The van der Waals surface area contributed by atoms with Gasteiger partial charge in [0, 0.05) is 5.38 Å². The molecule has 0 spiro atoms. The zero-order valence-corrected chi connectivity index (χ0v) is 11.1. The van der Waals surface area contributed by atoms with Crippen molar-refractivity contribution in [2.75, 3.05) is 7.11 Å². The number of carbonyl (C=O) groups is 1. The second kappa shape index (κ2) is 5.64. The Morgan fingerprint density at radius 1 is 1.44 bits per heavy atom. The molecule has 0 aliphatic heterocycles. The van der Waals surface area contributed by atoms with E-state index < -0.39 is 0 Å². The number of rotatable bonds is 4. The van der Waals surface area contributed by atoms with Crippen LogP contribution in [-0.2, 0) is 6.54 Å². The van der Waals surface area contributed by atoms with E-state index in [4.69, 9.17) is 4.74 Å². The average molecular weight is 262 g/mol. The molecule has 1 N–H and O–H groups in total. The number of para-hydroxylation sites is 1. The Bertz CT molecular complexity index is 551. The minimum atomic E-state index is -0.155. The van der Waals surface area contributed by atoms with E-state index in [9.17, 15) is 4.79 Å². The molecule has 94 valence electrons. The molecule has 4 nitrogen and oxygen atoms in total. The first-order chi connectivity index (χ1) is 8.70. The number of benzene rings is 1. The predicted molar refractivity (Wildman–Crippen MR) is 71.0 cm³/mol. The number of hydrogen-bond acceptors (Lipinski definition) is 4. The van der Waals surface area contributed by atoms with E-state index in [0.29, 0.717) is 17.9 Å². The van der Waals surface area contributed by atoms with Crippen LogP contribution < -0.4 is 10.1 Å². The molecule has 0 atom stereocenters. The number of aryl methyl sites for hydroxylation is 1. The standard InChI is InChI=1S/C13H14N2O2S/c1-9-15-10(8-18-9)7-14-13(16)11-5-3-4-6-12(11)17-2/h3-6,8H,7H2,1-2H3,(H,14,16). The lowest BCUT2D eigenvalue weighted by Gasteiger charge is -2.07. The highest BCUT2D eigenvalue weighted by atomic mass is 32.1. The maximum Gasteiger partial charge on any atom is 0.255 e. The van der Waals surface area contributed by atoms with Gasteiger partial charge in [0.15, 0.2) is 0 Å². The van der Waals surface area contributed by atoms with E-state index in [-0.39, 0.29) is 5.91 Å². The molecule has 0 saturated heterocycles. The quantitative estimate of drug-likeness (QED) is 0.920. The molecular weight excluding hydrogens is 248 g/mol. The molecule has 0 saturated carbocycles. The van der Waals surface area contributed by atoms with Crippen molar-refractivity contribution < 1.29 is 9.53 Å². The van der Waals surface area contributed by atoms with Gasteiger partial charge in [0.2, 0.25) is 0 Å². The summed E-state index contributed by atoms with van der Waals surface area (Å²) < 4.78 is 5.15. The molecule has 5 heteroatoms. The fourth-order valence-corrected chi connectivity index (χ4v) is 2.20. The van der Waals surface area contributed by atoms with Crippen LogP contribution in [0, 0.1) is 6.92 Å². The number of aromatic nitrogens is 1. The maximum atomic E-state index is 12.0. The molecule has 0 aliphatic carbocycles. The monoisotopic (exact) mass is 262 g/mol. The molecule has 1 heterocycles. The van der Waals surface area contributed by atoms with Gasteiger partial charge in [-0.2, -0.15) is 0 Å². The first kappa shape index (κ1) is 12.6. The second-order valence-corrected chi connectivity index (χ2v) is 4.80. The number of thiazole rings is 1. The number of carbonyl (C=O) groups excluding carboxylic acids is 1. The Hall–Kier alpha value is -1.88. The molecule has 0 aliphatic rings. The van der Waals surface area contributed by atoms with Crippen LogP contribution in [0.15, 0.2) is 29.6 Å². The van der Waals surface area contributed by atoms with Crippen LogP contribution in [0.25, 0.3) is 0 Å². The molecule has 0 bridgehead atoms. The van der Waals surface area contributed by atoms with Crippen LogP contribution in [0.4, 0.5) is 0 Å². The number of amides is 1. The Morgan fingerprint density at radius 3 is 2.89 bits per heavy atom. The fourth-order valence-electron chi connectivity index (χ4n) is 1.59.